The van der Waals surface area contributed by atoms with Crippen molar-refractivity contribution < 1.29 is 24.7 Å². The molecular formula is C22H21N5O6. The molecule has 1 aliphatic heterocycles. The van der Waals surface area contributed by atoms with Crippen LogP contribution in [0.4, 0.5) is 5.69 Å². The summed E-state index contributed by atoms with van der Waals surface area (Å²) in [5.74, 6) is -0.612. The van der Waals surface area contributed by atoms with Crippen molar-refractivity contribution in [2.24, 2.45) is 5.10 Å². The van der Waals surface area contributed by atoms with Gasteiger partial charge in [0.2, 0.25) is 5.69 Å². The second-order valence-electron chi connectivity index (χ2n) is 7.34. The molecule has 0 saturated heterocycles. The predicted octanol–water partition coefficient (Wildman–Crippen LogP) is 3.22. The molecule has 2 N–H and O–H groups in total. The van der Waals surface area contributed by atoms with Crippen LogP contribution in [0.2, 0.25) is 0 Å². The van der Waals surface area contributed by atoms with Crippen LogP contribution >= 0.6 is 0 Å². The molecule has 0 unspecified atom stereocenters. The van der Waals surface area contributed by atoms with E-state index >= 15 is 0 Å². The van der Waals surface area contributed by atoms with Crippen molar-refractivity contribution in [2.45, 2.75) is 25.9 Å². The first-order valence-electron chi connectivity index (χ1n) is 10.1. The van der Waals surface area contributed by atoms with E-state index in [4.69, 9.17) is 4.74 Å². The fourth-order valence-corrected chi connectivity index (χ4v) is 3.71. The number of hydrogen-bond acceptors (Lipinski definition) is 8. The van der Waals surface area contributed by atoms with Gasteiger partial charge >= 0.3 is 11.6 Å². The van der Waals surface area contributed by atoms with Crippen molar-refractivity contribution in [1.29, 1.82) is 0 Å². The summed E-state index contributed by atoms with van der Waals surface area (Å²) >= 11 is 0. The fraction of sp³-hybridized carbons (Fsp3) is 0.227. The number of phenolic OH excluding ortho intramolecular Hbond substituents is 2. The molecule has 1 amide bonds. The molecule has 0 aliphatic carbocycles. The SMILES string of the molecule is CCn1cc([N+](=O)[O-])c(C(=O)N2N=C(c3ccc(O)c(OC)c3)C[C@@H]2c2ccccc2O)n1. The van der Waals surface area contributed by atoms with E-state index in [0.29, 0.717) is 23.4 Å². The molecule has 0 radical (unpaired) electrons. The van der Waals surface area contributed by atoms with Crippen molar-refractivity contribution >= 4 is 17.3 Å². The van der Waals surface area contributed by atoms with E-state index in [2.05, 4.69) is 10.2 Å². The number of nitrogens with zero attached hydrogens (tertiary/aromatic N) is 5. The first-order valence-corrected chi connectivity index (χ1v) is 10.1. The molecule has 2 heterocycles. The number of ether oxygens (including phenoxy) is 1. The summed E-state index contributed by atoms with van der Waals surface area (Å²) in [6, 6.07) is 10.5. The summed E-state index contributed by atoms with van der Waals surface area (Å²) in [5.41, 5.74) is 0.748. The number of rotatable bonds is 6. The molecule has 3 aromatic rings. The number of phenols is 2. The molecule has 11 heteroatoms. The Morgan fingerprint density at radius 2 is 2.00 bits per heavy atom. The van der Waals surface area contributed by atoms with E-state index in [-0.39, 0.29) is 29.4 Å². The number of hydrazone groups is 1. The van der Waals surface area contributed by atoms with Gasteiger partial charge in [-0.3, -0.25) is 19.6 Å². The van der Waals surface area contributed by atoms with Crippen LogP contribution in [0.3, 0.4) is 0 Å². The number of carbonyl (C=O) groups is 1. The van der Waals surface area contributed by atoms with Gasteiger partial charge in [-0.25, -0.2) is 5.01 Å². The molecule has 0 saturated carbocycles. The Kier molecular flexibility index (Phi) is 5.69. The molecule has 4 rings (SSSR count). The molecule has 0 bridgehead atoms. The second-order valence-corrected chi connectivity index (χ2v) is 7.34. The smallest absolute Gasteiger partial charge is 0.320 e. The number of aromatic hydroxyl groups is 2. The Hall–Kier alpha value is -4.41. The van der Waals surface area contributed by atoms with Gasteiger partial charge in [-0.05, 0) is 31.2 Å². The predicted molar refractivity (Wildman–Crippen MR) is 117 cm³/mol. The van der Waals surface area contributed by atoms with Gasteiger partial charge in [0.1, 0.15) is 11.9 Å². The zero-order valence-corrected chi connectivity index (χ0v) is 17.9. The molecule has 2 aromatic carbocycles. The summed E-state index contributed by atoms with van der Waals surface area (Å²) in [4.78, 5) is 24.3. The van der Waals surface area contributed by atoms with Gasteiger partial charge in [-0.1, -0.05) is 18.2 Å². The Morgan fingerprint density at radius 1 is 1.24 bits per heavy atom. The number of benzene rings is 2. The van der Waals surface area contributed by atoms with Crippen LogP contribution < -0.4 is 4.74 Å². The highest BCUT2D eigenvalue weighted by molar-refractivity contribution is 6.05. The van der Waals surface area contributed by atoms with Gasteiger partial charge in [0.15, 0.2) is 11.5 Å². The molecule has 170 valence electrons. The molecule has 0 spiro atoms. The number of carbonyl (C=O) groups excluding carboxylic acids is 1. The monoisotopic (exact) mass is 451 g/mol. The van der Waals surface area contributed by atoms with Gasteiger partial charge in [-0.2, -0.15) is 10.2 Å². The highest BCUT2D eigenvalue weighted by atomic mass is 16.6. The molecule has 33 heavy (non-hydrogen) atoms. The highest BCUT2D eigenvalue weighted by Gasteiger charge is 2.39. The van der Waals surface area contributed by atoms with Crippen molar-refractivity contribution in [3.63, 3.8) is 0 Å². The molecule has 1 aromatic heterocycles. The van der Waals surface area contributed by atoms with Crippen LogP contribution in [-0.4, -0.2) is 48.7 Å². The standard InChI is InChI=1S/C22H21N5O6/c1-3-25-12-17(27(31)32)21(24-25)22(30)26-16(14-6-4-5-7-18(14)28)11-15(23-26)13-8-9-19(29)20(10-13)33-2/h4-10,12,16,28-29H,3,11H2,1-2H3/t16-/m1/s1. The summed E-state index contributed by atoms with van der Waals surface area (Å²) in [7, 11) is 1.42. The summed E-state index contributed by atoms with van der Waals surface area (Å²) < 4.78 is 6.47. The molecule has 1 atom stereocenters. The topological polar surface area (TPSA) is 143 Å². The quantitative estimate of drug-likeness (QED) is 0.432. The molecule has 1 aliphatic rings. The third-order valence-corrected chi connectivity index (χ3v) is 5.39. The number of amides is 1. The highest BCUT2D eigenvalue weighted by Crippen LogP contribution is 2.39. The van der Waals surface area contributed by atoms with Crippen LogP contribution in [0.5, 0.6) is 17.2 Å². The number of aromatic nitrogens is 2. The van der Waals surface area contributed by atoms with Crippen LogP contribution in [0.1, 0.15) is 41.0 Å². The number of methoxy groups -OCH3 is 1. The van der Waals surface area contributed by atoms with Crippen LogP contribution in [0.15, 0.2) is 53.8 Å². The van der Waals surface area contributed by atoms with E-state index in [9.17, 15) is 25.1 Å². The summed E-state index contributed by atoms with van der Waals surface area (Å²) in [6.45, 7) is 2.10. The Bertz CT molecular complexity index is 1270. The molecular weight excluding hydrogens is 430 g/mol. The van der Waals surface area contributed by atoms with Crippen molar-refractivity contribution in [1.82, 2.24) is 14.8 Å². The number of aryl methyl sites for hydroxylation is 1. The molecule has 0 fully saturated rings. The van der Waals surface area contributed by atoms with E-state index < -0.39 is 22.6 Å². The average molecular weight is 451 g/mol. The first kappa shape index (κ1) is 21.8. The summed E-state index contributed by atoms with van der Waals surface area (Å²) in [5, 5.41) is 41.5. The van der Waals surface area contributed by atoms with Crippen LogP contribution in [0.25, 0.3) is 0 Å². The van der Waals surface area contributed by atoms with Crippen molar-refractivity contribution in [3.05, 3.63) is 75.6 Å². The Balaban J connectivity index is 1.81. The minimum atomic E-state index is -0.761. The Morgan fingerprint density at radius 3 is 2.67 bits per heavy atom. The molecule has 11 nitrogen and oxygen atoms in total. The van der Waals surface area contributed by atoms with Crippen molar-refractivity contribution in [3.8, 4) is 17.2 Å². The number of nitro groups is 1. The third kappa shape index (κ3) is 3.95. The summed E-state index contributed by atoms with van der Waals surface area (Å²) in [6.07, 6.45) is 1.42. The number of para-hydroxylation sites is 1. The number of hydrogen-bond donors (Lipinski definition) is 2. The second kappa shape index (κ2) is 8.61. The average Bonchev–Trinajstić information content (AvgIpc) is 3.44. The fourth-order valence-electron chi connectivity index (χ4n) is 3.71. The maximum absolute atomic E-state index is 13.4. The van der Waals surface area contributed by atoms with Crippen LogP contribution in [0, 0.1) is 10.1 Å². The Labute approximate surface area is 188 Å². The van der Waals surface area contributed by atoms with E-state index in [1.54, 1.807) is 37.3 Å². The largest absolute Gasteiger partial charge is 0.508 e. The maximum atomic E-state index is 13.4. The van der Waals surface area contributed by atoms with Crippen molar-refractivity contribution in [2.75, 3.05) is 7.11 Å². The lowest BCUT2D eigenvalue weighted by atomic mass is 9.97. The van der Waals surface area contributed by atoms with Gasteiger partial charge in [0.25, 0.3) is 0 Å². The van der Waals surface area contributed by atoms with Gasteiger partial charge < -0.3 is 14.9 Å². The maximum Gasteiger partial charge on any atom is 0.320 e. The lowest BCUT2D eigenvalue weighted by molar-refractivity contribution is -0.385. The lowest BCUT2D eigenvalue weighted by Gasteiger charge is -2.21. The van der Waals surface area contributed by atoms with E-state index in [1.807, 2.05) is 0 Å². The van der Waals surface area contributed by atoms with Crippen LogP contribution in [-0.2, 0) is 6.54 Å². The van der Waals surface area contributed by atoms with Gasteiger partial charge in [0, 0.05) is 24.1 Å². The minimum absolute atomic E-state index is 0.0337. The van der Waals surface area contributed by atoms with Gasteiger partial charge in [-0.15, -0.1) is 0 Å². The van der Waals surface area contributed by atoms with Gasteiger partial charge in [0.05, 0.1) is 23.8 Å². The van der Waals surface area contributed by atoms with E-state index in [1.165, 1.54) is 30.1 Å². The zero-order chi connectivity index (χ0) is 23.7. The normalized spacial score (nSPS) is 15.4. The lowest BCUT2D eigenvalue weighted by Crippen LogP contribution is -2.28. The third-order valence-electron chi connectivity index (χ3n) is 5.39. The van der Waals surface area contributed by atoms with E-state index in [0.717, 1.165) is 5.01 Å². The zero-order valence-electron chi connectivity index (χ0n) is 17.9. The first-order chi connectivity index (χ1) is 15.8. The minimum Gasteiger partial charge on any atom is -0.508 e.